The standard InChI is InChI=1S/C18H18BrCl2NO3/c1-25-17-5-3-12(8-14(17)19)10-22(7-6-18(23)24)11-13-2-4-15(20)16(21)9-13/h2-5,8-9H,6-7,10-11H2,1H3,(H,23,24). The number of nitrogens with zero attached hydrogens (tertiary/aromatic N) is 1. The van der Waals surface area contributed by atoms with E-state index in [4.69, 9.17) is 33.0 Å². The first kappa shape index (κ1) is 20.0. The molecule has 0 bridgehead atoms. The monoisotopic (exact) mass is 445 g/mol. The molecule has 0 saturated carbocycles. The number of aliphatic carboxylic acids is 1. The Morgan fingerprint density at radius 3 is 2.32 bits per heavy atom. The van der Waals surface area contributed by atoms with Gasteiger partial charge >= 0.3 is 5.97 Å². The number of halogens is 3. The van der Waals surface area contributed by atoms with Gasteiger partial charge in [-0.1, -0.05) is 35.3 Å². The SMILES string of the molecule is COc1ccc(CN(CCC(=O)O)Cc2ccc(Cl)c(Cl)c2)cc1Br. The molecule has 2 aromatic carbocycles. The fourth-order valence-electron chi connectivity index (χ4n) is 2.43. The fraction of sp³-hybridized carbons (Fsp3) is 0.278. The lowest BCUT2D eigenvalue weighted by molar-refractivity contribution is -0.137. The molecule has 0 saturated heterocycles. The summed E-state index contributed by atoms with van der Waals surface area (Å²) in [5.74, 6) is -0.0691. The van der Waals surface area contributed by atoms with Crippen LogP contribution in [0.25, 0.3) is 0 Å². The Labute approximate surface area is 165 Å². The van der Waals surface area contributed by atoms with Crippen LogP contribution in [0, 0.1) is 0 Å². The maximum absolute atomic E-state index is 11.0. The van der Waals surface area contributed by atoms with E-state index < -0.39 is 5.97 Å². The molecule has 0 aromatic heterocycles. The van der Waals surface area contributed by atoms with E-state index in [1.165, 1.54) is 0 Å². The Morgan fingerprint density at radius 2 is 1.76 bits per heavy atom. The first-order valence-corrected chi connectivity index (χ1v) is 9.14. The van der Waals surface area contributed by atoms with Gasteiger partial charge in [-0.25, -0.2) is 0 Å². The molecule has 1 N–H and O–H groups in total. The Balaban J connectivity index is 2.15. The van der Waals surface area contributed by atoms with E-state index in [1.54, 1.807) is 13.2 Å². The Kier molecular flexibility index (Phi) is 7.56. The minimum absolute atomic E-state index is 0.0681. The average Bonchev–Trinajstić information content (AvgIpc) is 2.56. The van der Waals surface area contributed by atoms with E-state index in [-0.39, 0.29) is 6.42 Å². The molecule has 7 heteroatoms. The normalized spacial score (nSPS) is 10.9. The summed E-state index contributed by atoms with van der Waals surface area (Å²) < 4.78 is 6.10. The van der Waals surface area contributed by atoms with Crippen LogP contribution in [0.5, 0.6) is 5.75 Å². The zero-order valence-corrected chi connectivity index (χ0v) is 16.7. The maximum Gasteiger partial charge on any atom is 0.304 e. The van der Waals surface area contributed by atoms with Gasteiger partial charge in [0.2, 0.25) is 0 Å². The van der Waals surface area contributed by atoms with Crippen molar-refractivity contribution in [1.29, 1.82) is 0 Å². The van der Waals surface area contributed by atoms with E-state index >= 15 is 0 Å². The lowest BCUT2D eigenvalue weighted by Crippen LogP contribution is -2.25. The highest BCUT2D eigenvalue weighted by molar-refractivity contribution is 9.10. The summed E-state index contributed by atoms with van der Waals surface area (Å²) >= 11 is 15.5. The van der Waals surface area contributed by atoms with Crippen molar-refractivity contribution in [3.05, 3.63) is 62.0 Å². The molecule has 0 unspecified atom stereocenters. The van der Waals surface area contributed by atoms with Crippen molar-refractivity contribution in [2.24, 2.45) is 0 Å². The topological polar surface area (TPSA) is 49.8 Å². The van der Waals surface area contributed by atoms with Crippen LogP contribution in [0.15, 0.2) is 40.9 Å². The van der Waals surface area contributed by atoms with Crippen LogP contribution in [0.3, 0.4) is 0 Å². The zero-order valence-electron chi connectivity index (χ0n) is 13.6. The van der Waals surface area contributed by atoms with Crippen LogP contribution in [-0.4, -0.2) is 29.6 Å². The molecule has 2 aromatic rings. The summed E-state index contributed by atoms with van der Waals surface area (Å²) in [5, 5.41) is 9.99. The smallest absolute Gasteiger partial charge is 0.304 e. The number of methoxy groups -OCH3 is 1. The number of carboxylic acid groups (broad SMARTS) is 1. The molecule has 0 amide bonds. The van der Waals surface area contributed by atoms with Crippen molar-refractivity contribution in [1.82, 2.24) is 4.90 Å². The van der Waals surface area contributed by atoms with Gasteiger partial charge in [0.15, 0.2) is 0 Å². The maximum atomic E-state index is 11.0. The van der Waals surface area contributed by atoms with Gasteiger partial charge in [-0.3, -0.25) is 9.69 Å². The fourth-order valence-corrected chi connectivity index (χ4v) is 3.34. The Bertz CT molecular complexity index is 755. The van der Waals surface area contributed by atoms with Gasteiger partial charge in [0.05, 0.1) is 28.0 Å². The van der Waals surface area contributed by atoms with Crippen LogP contribution in [0.4, 0.5) is 0 Å². The van der Waals surface area contributed by atoms with E-state index in [2.05, 4.69) is 20.8 Å². The molecule has 0 aliphatic rings. The van der Waals surface area contributed by atoms with Crippen LogP contribution < -0.4 is 4.74 Å². The highest BCUT2D eigenvalue weighted by atomic mass is 79.9. The highest BCUT2D eigenvalue weighted by Gasteiger charge is 2.12. The van der Waals surface area contributed by atoms with Crippen molar-refractivity contribution in [2.45, 2.75) is 19.5 Å². The number of ether oxygens (including phenoxy) is 1. The summed E-state index contributed by atoms with van der Waals surface area (Å²) in [4.78, 5) is 13.0. The number of carboxylic acids is 1. The van der Waals surface area contributed by atoms with Gasteiger partial charge in [0.1, 0.15) is 5.75 Å². The molecule has 0 radical (unpaired) electrons. The summed E-state index contributed by atoms with van der Waals surface area (Å²) in [6.45, 7) is 1.61. The third-order valence-corrected chi connectivity index (χ3v) is 5.01. The van der Waals surface area contributed by atoms with Crippen molar-refractivity contribution in [3.8, 4) is 5.75 Å². The zero-order chi connectivity index (χ0) is 18.4. The van der Waals surface area contributed by atoms with E-state index in [0.717, 1.165) is 21.3 Å². The lowest BCUT2D eigenvalue weighted by Gasteiger charge is -2.22. The lowest BCUT2D eigenvalue weighted by atomic mass is 10.1. The van der Waals surface area contributed by atoms with Crippen molar-refractivity contribution in [3.63, 3.8) is 0 Å². The number of hydrogen-bond donors (Lipinski definition) is 1. The first-order valence-electron chi connectivity index (χ1n) is 7.59. The predicted octanol–water partition coefficient (Wildman–Crippen LogP) is 5.24. The Hall–Kier alpha value is -1.27. The molecule has 134 valence electrons. The molecule has 0 atom stereocenters. The molecule has 0 heterocycles. The quantitative estimate of drug-likeness (QED) is 0.602. The number of hydrogen-bond acceptors (Lipinski definition) is 3. The van der Waals surface area contributed by atoms with Gasteiger partial charge in [-0.05, 0) is 51.3 Å². The minimum atomic E-state index is -0.824. The number of carbonyl (C=O) groups is 1. The van der Waals surface area contributed by atoms with Crippen molar-refractivity contribution < 1.29 is 14.6 Å². The average molecular weight is 447 g/mol. The first-order chi connectivity index (χ1) is 11.9. The second-order valence-electron chi connectivity index (χ2n) is 5.57. The molecular weight excluding hydrogens is 429 g/mol. The third-order valence-electron chi connectivity index (χ3n) is 3.65. The summed E-state index contributed by atoms with van der Waals surface area (Å²) in [6.07, 6.45) is 0.0681. The second kappa shape index (κ2) is 9.43. The van der Waals surface area contributed by atoms with Crippen LogP contribution in [0.2, 0.25) is 10.0 Å². The molecule has 0 aliphatic heterocycles. The summed E-state index contributed by atoms with van der Waals surface area (Å²) in [5.41, 5.74) is 2.03. The van der Waals surface area contributed by atoms with Crippen molar-refractivity contribution in [2.75, 3.05) is 13.7 Å². The van der Waals surface area contributed by atoms with Gasteiger partial charge < -0.3 is 9.84 Å². The van der Waals surface area contributed by atoms with E-state index in [9.17, 15) is 4.79 Å². The summed E-state index contributed by atoms with van der Waals surface area (Å²) in [6, 6.07) is 11.3. The van der Waals surface area contributed by atoms with Crippen molar-refractivity contribution >= 4 is 45.1 Å². The van der Waals surface area contributed by atoms with E-state index in [1.807, 2.05) is 30.3 Å². The van der Waals surface area contributed by atoms with Gasteiger partial charge in [-0.2, -0.15) is 0 Å². The summed E-state index contributed by atoms with van der Waals surface area (Å²) in [7, 11) is 1.61. The molecule has 0 aliphatic carbocycles. The molecule has 0 fully saturated rings. The van der Waals surface area contributed by atoms with E-state index in [0.29, 0.717) is 29.7 Å². The molecular formula is C18H18BrCl2NO3. The van der Waals surface area contributed by atoms with Crippen LogP contribution in [-0.2, 0) is 17.9 Å². The highest BCUT2D eigenvalue weighted by Crippen LogP contribution is 2.27. The van der Waals surface area contributed by atoms with Crippen LogP contribution in [0.1, 0.15) is 17.5 Å². The molecule has 25 heavy (non-hydrogen) atoms. The number of benzene rings is 2. The Morgan fingerprint density at radius 1 is 1.12 bits per heavy atom. The molecule has 0 spiro atoms. The predicted molar refractivity (Wildman–Crippen MR) is 104 cm³/mol. The van der Waals surface area contributed by atoms with Gasteiger partial charge in [-0.15, -0.1) is 0 Å². The third kappa shape index (κ3) is 6.19. The number of rotatable bonds is 8. The molecule has 4 nitrogen and oxygen atoms in total. The molecule has 2 rings (SSSR count). The largest absolute Gasteiger partial charge is 0.496 e. The van der Waals surface area contributed by atoms with Gasteiger partial charge in [0.25, 0.3) is 0 Å². The second-order valence-corrected chi connectivity index (χ2v) is 7.24. The van der Waals surface area contributed by atoms with Gasteiger partial charge in [0, 0.05) is 19.6 Å². The minimum Gasteiger partial charge on any atom is -0.496 e. The van der Waals surface area contributed by atoms with Crippen LogP contribution >= 0.6 is 39.1 Å².